The quantitative estimate of drug-likeness (QED) is 0.895. The molecule has 23 heavy (non-hydrogen) atoms. The molecule has 2 N–H and O–H groups in total. The lowest BCUT2D eigenvalue weighted by atomic mass is 10.0. The molecular formula is C19H16N2O2. The molecule has 1 aromatic carbocycles. The predicted molar refractivity (Wildman–Crippen MR) is 87.3 cm³/mol. The van der Waals surface area contributed by atoms with Crippen molar-refractivity contribution in [1.29, 1.82) is 0 Å². The fraction of sp³-hybridized carbons (Fsp3) is 0.158. The maximum atomic E-state index is 12.7. The van der Waals surface area contributed by atoms with Crippen molar-refractivity contribution in [3.05, 3.63) is 82.0 Å². The first kappa shape index (κ1) is 13.8. The molecule has 0 aliphatic heterocycles. The Balaban J connectivity index is 1.61. The van der Waals surface area contributed by atoms with E-state index in [1.54, 1.807) is 7.05 Å². The molecule has 4 nitrogen and oxygen atoms in total. The summed E-state index contributed by atoms with van der Waals surface area (Å²) in [4.78, 5) is 24.8. The Hall–Kier alpha value is -2.88. The number of hydrogen-bond acceptors (Lipinski definition) is 2. The number of benzene rings is 1. The Morgan fingerprint density at radius 3 is 2.61 bits per heavy atom. The topological polar surface area (TPSA) is 58.2 Å². The van der Waals surface area contributed by atoms with Crippen LogP contribution in [-0.2, 0) is 9.59 Å². The van der Waals surface area contributed by atoms with E-state index in [1.165, 1.54) is 16.7 Å². The van der Waals surface area contributed by atoms with Gasteiger partial charge in [0.15, 0.2) is 0 Å². The number of carbonyl (C=O) groups is 2. The average Bonchev–Trinajstić information content (AvgIpc) is 3.06. The molecular weight excluding hydrogens is 288 g/mol. The number of hydrogen-bond donors (Lipinski definition) is 2. The molecule has 4 heteroatoms. The second kappa shape index (κ2) is 5.09. The van der Waals surface area contributed by atoms with Gasteiger partial charge in [0.2, 0.25) is 5.91 Å². The van der Waals surface area contributed by atoms with Gasteiger partial charge in [0.25, 0.3) is 5.91 Å². The standard InChI is InChI=1S/C19H16N2O2/c1-20-19(23)17(11-5-3-2-4-6-11)21-18(22)14-8-7-13-15-9-12(15)10-16(13)14/h2-8,10,17H,9H2,1H3,(H,20,23)(H,21,22)/t17-/m0/s1. The normalized spacial score (nSPS) is 18.4. The van der Waals surface area contributed by atoms with Gasteiger partial charge in [0.1, 0.15) is 6.04 Å². The molecule has 1 aromatic rings. The van der Waals surface area contributed by atoms with E-state index in [4.69, 9.17) is 0 Å². The molecule has 114 valence electrons. The lowest BCUT2D eigenvalue weighted by molar-refractivity contribution is -0.127. The highest BCUT2D eigenvalue weighted by Gasteiger charge is 2.36. The molecule has 3 aliphatic rings. The molecule has 0 bridgehead atoms. The van der Waals surface area contributed by atoms with Crippen molar-refractivity contribution in [2.24, 2.45) is 0 Å². The molecule has 1 fully saturated rings. The Bertz CT molecular complexity index is 841. The van der Waals surface area contributed by atoms with E-state index in [1.807, 2.05) is 42.5 Å². The molecule has 0 aromatic heterocycles. The molecule has 2 amide bonds. The zero-order chi connectivity index (χ0) is 16.0. The van der Waals surface area contributed by atoms with Crippen LogP contribution in [0.15, 0.2) is 76.4 Å². The van der Waals surface area contributed by atoms with Crippen molar-refractivity contribution in [1.82, 2.24) is 10.6 Å². The number of allylic oxidation sites excluding steroid dienone is 6. The van der Waals surface area contributed by atoms with Gasteiger partial charge in [0, 0.05) is 12.6 Å². The highest BCUT2D eigenvalue weighted by molar-refractivity contribution is 6.03. The van der Waals surface area contributed by atoms with Crippen LogP contribution in [-0.4, -0.2) is 18.9 Å². The summed E-state index contributed by atoms with van der Waals surface area (Å²) in [5.41, 5.74) is 6.24. The van der Waals surface area contributed by atoms with Crippen LogP contribution in [0.2, 0.25) is 0 Å². The zero-order valence-corrected chi connectivity index (χ0v) is 12.7. The van der Waals surface area contributed by atoms with Gasteiger partial charge in [-0.2, -0.15) is 0 Å². The van der Waals surface area contributed by atoms with Crippen molar-refractivity contribution < 1.29 is 9.59 Å². The largest absolute Gasteiger partial charge is 0.357 e. The van der Waals surface area contributed by atoms with Crippen LogP contribution in [0.3, 0.4) is 0 Å². The highest BCUT2D eigenvalue weighted by atomic mass is 16.2. The second-order valence-electron chi connectivity index (χ2n) is 5.83. The van der Waals surface area contributed by atoms with Crippen molar-refractivity contribution >= 4 is 11.8 Å². The van der Waals surface area contributed by atoms with E-state index >= 15 is 0 Å². The second-order valence-corrected chi connectivity index (χ2v) is 5.83. The van der Waals surface area contributed by atoms with Crippen LogP contribution < -0.4 is 10.6 Å². The van der Waals surface area contributed by atoms with E-state index in [-0.39, 0.29) is 11.8 Å². The van der Waals surface area contributed by atoms with E-state index in [9.17, 15) is 9.59 Å². The molecule has 0 saturated heterocycles. The molecule has 1 saturated carbocycles. The minimum absolute atomic E-state index is 0.220. The van der Waals surface area contributed by atoms with E-state index in [2.05, 4.69) is 16.7 Å². The van der Waals surface area contributed by atoms with Crippen molar-refractivity contribution in [3.63, 3.8) is 0 Å². The van der Waals surface area contributed by atoms with Crippen LogP contribution in [0, 0.1) is 0 Å². The van der Waals surface area contributed by atoms with Gasteiger partial charge in [-0.1, -0.05) is 36.4 Å². The van der Waals surface area contributed by atoms with E-state index < -0.39 is 6.04 Å². The average molecular weight is 304 g/mol. The summed E-state index contributed by atoms with van der Waals surface area (Å²) in [6.07, 6.45) is 6.96. The summed E-state index contributed by atoms with van der Waals surface area (Å²) in [5, 5.41) is 5.47. The summed E-state index contributed by atoms with van der Waals surface area (Å²) in [5.74, 6) is -0.453. The summed E-state index contributed by atoms with van der Waals surface area (Å²) in [7, 11) is 1.57. The van der Waals surface area contributed by atoms with Gasteiger partial charge in [-0.15, -0.1) is 0 Å². The van der Waals surface area contributed by atoms with Crippen LogP contribution in [0.5, 0.6) is 0 Å². The van der Waals surface area contributed by atoms with Crippen LogP contribution in [0.4, 0.5) is 0 Å². The third-order valence-electron chi connectivity index (χ3n) is 4.43. The van der Waals surface area contributed by atoms with E-state index in [0.717, 1.165) is 17.6 Å². The first-order valence-corrected chi connectivity index (χ1v) is 7.63. The minimum Gasteiger partial charge on any atom is -0.357 e. The molecule has 0 unspecified atom stereocenters. The molecule has 0 spiro atoms. The number of fused-ring (bicyclic) bond motifs is 2. The summed E-state index contributed by atoms with van der Waals surface area (Å²) in [6, 6.07) is 8.56. The molecule has 0 radical (unpaired) electrons. The van der Waals surface area contributed by atoms with Gasteiger partial charge in [-0.3, -0.25) is 9.59 Å². The maximum Gasteiger partial charge on any atom is 0.252 e. The van der Waals surface area contributed by atoms with Crippen LogP contribution in [0.25, 0.3) is 0 Å². The van der Waals surface area contributed by atoms with Gasteiger partial charge in [-0.25, -0.2) is 0 Å². The number of nitrogens with one attached hydrogen (secondary N) is 2. The van der Waals surface area contributed by atoms with E-state index in [0.29, 0.717) is 5.57 Å². The molecule has 1 atom stereocenters. The number of likely N-dealkylation sites (N-methyl/N-ethyl adjacent to an activating group) is 1. The van der Waals surface area contributed by atoms with Crippen LogP contribution in [0.1, 0.15) is 18.0 Å². The highest BCUT2D eigenvalue weighted by Crippen LogP contribution is 2.51. The fourth-order valence-electron chi connectivity index (χ4n) is 3.13. The van der Waals surface area contributed by atoms with Crippen molar-refractivity contribution in [2.75, 3.05) is 7.05 Å². The smallest absolute Gasteiger partial charge is 0.252 e. The lowest BCUT2D eigenvalue weighted by Crippen LogP contribution is -2.39. The van der Waals surface area contributed by atoms with Gasteiger partial charge < -0.3 is 10.6 Å². The predicted octanol–water partition coefficient (Wildman–Crippen LogP) is 2.10. The maximum absolute atomic E-state index is 12.7. The van der Waals surface area contributed by atoms with Gasteiger partial charge >= 0.3 is 0 Å². The Kier molecular flexibility index (Phi) is 3.05. The molecule has 4 rings (SSSR count). The van der Waals surface area contributed by atoms with Gasteiger partial charge in [-0.05, 0) is 46.4 Å². The van der Waals surface area contributed by atoms with Crippen molar-refractivity contribution in [3.8, 4) is 0 Å². The third kappa shape index (κ3) is 2.23. The summed E-state index contributed by atoms with van der Waals surface area (Å²) >= 11 is 0. The van der Waals surface area contributed by atoms with Crippen LogP contribution >= 0.6 is 0 Å². The monoisotopic (exact) mass is 304 g/mol. The molecule has 3 aliphatic carbocycles. The summed E-state index contributed by atoms with van der Waals surface area (Å²) < 4.78 is 0. The number of rotatable bonds is 4. The number of amides is 2. The fourth-order valence-corrected chi connectivity index (χ4v) is 3.13. The Morgan fingerprint density at radius 2 is 1.87 bits per heavy atom. The third-order valence-corrected chi connectivity index (χ3v) is 4.43. The Labute approximate surface area is 134 Å². The minimum atomic E-state index is -0.699. The number of carbonyl (C=O) groups excluding carboxylic acids is 2. The van der Waals surface area contributed by atoms with Gasteiger partial charge in [0.05, 0.1) is 0 Å². The molecule has 0 heterocycles. The lowest BCUT2D eigenvalue weighted by Gasteiger charge is -2.18. The first-order chi connectivity index (χ1) is 11.2. The van der Waals surface area contributed by atoms with Crippen molar-refractivity contribution in [2.45, 2.75) is 12.5 Å². The Morgan fingerprint density at radius 1 is 1.09 bits per heavy atom. The SMILES string of the molecule is CNC(=O)[C@@H](NC(=O)C1=C2C=C3CC3=C2C=C1)c1ccccc1. The zero-order valence-electron chi connectivity index (χ0n) is 12.7. The summed E-state index contributed by atoms with van der Waals surface area (Å²) in [6.45, 7) is 0. The first-order valence-electron chi connectivity index (χ1n) is 7.63.